The SMILES string of the molecule is CCCc1nc2ccccn2c1C(=O)NC1CCCCC1. The van der Waals surface area contributed by atoms with Crippen molar-refractivity contribution in [3.05, 3.63) is 35.8 Å². The summed E-state index contributed by atoms with van der Waals surface area (Å²) >= 11 is 0. The predicted molar refractivity (Wildman–Crippen MR) is 83.5 cm³/mol. The lowest BCUT2D eigenvalue weighted by molar-refractivity contribution is 0.0920. The Morgan fingerprint density at radius 3 is 2.90 bits per heavy atom. The van der Waals surface area contributed by atoms with Crippen molar-refractivity contribution in [3.8, 4) is 0 Å². The van der Waals surface area contributed by atoms with Crippen LogP contribution in [0.1, 0.15) is 61.6 Å². The molecule has 0 aliphatic heterocycles. The lowest BCUT2D eigenvalue weighted by Crippen LogP contribution is -2.37. The summed E-state index contributed by atoms with van der Waals surface area (Å²) in [4.78, 5) is 17.3. The van der Waals surface area contributed by atoms with Crippen molar-refractivity contribution in [1.29, 1.82) is 0 Å². The Labute approximate surface area is 125 Å². The van der Waals surface area contributed by atoms with Crippen molar-refractivity contribution in [2.24, 2.45) is 0 Å². The predicted octanol–water partition coefficient (Wildman–Crippen LogP) is 3.35. The van der Waals surface area contributed by atoms with Gasteiger partial charge in [0.25, 0.3) is 5.91 Å². The third-order valence-electron chi connectivity index (χ3n) is 4.24. The normalized spacial score (nSPS) is 16.2. The number of aryl methyl sites for hydroxylation is 1. The maximum atomic E-state index is 12.7. The lowest BCUT2D eigenvalue weighted by Gasteiger charge is -2.22. The van der Waals surface area contributed by atoms with Crippen molar-refractivity contribution >= 4 is 11.6 Å². The minimum atomic E-state index is 0.0315. The molecule has 1 N–H and O–H groups in total. The van der Waals surface area contributed by atoms with Gasteiger partial charge in [0.05, 0.1) is 5.69 Å². The van der Waals surface area contributed by atoms with Crippen molar-refractivity contribution in [2.45, 2.75) is 57.9 Å². The molecule has 2 aromatic rings. The van der Waals surface area contributed by atoms with Crippen LogP contribution < -0.4 is 5.32 Å². The highest BCUT2D eigenvalue weighted by molar-refractivity contribution is 5.95. The zero-order valence-electron chi connectivity index (χ0n) is 12.6. The van der Waals surface area contributed by atoms with Crippen LogP contribution in [0.15, 0.2) is 24.4 Å². The van der Waals surface area contributed by atoms with Gasteiger partial charge in [0.2, 0.25) is 0 Å². The molecule has 2 heterocycles. The molecule has 0 atom stereocenters. The molecule has 0 saturated heterocycles. The second kappa shape index (κ2) is 6.29. The van der Waals surface area contributed by atoms with Gasteiger partial charge in [0, 0.05) is 12.2 Å². The molecule has 21 heavy (non-hydrogen) atoms. The van der Waals surface area contributed by atoms with Crippen LogP contribution in [0.2, 0.25) is 0 Å². The van der Waals surface area contributed by atoms with Gasteiger partial charge in [-0.3, -0.25) is 9.20 Å². The molecule has 1 aliphatic rings. The van der Waals surface area contributed by atoms with Crippen LogP contribution in [-0.2, 0) is 6.42 Å². The Hall–Kier alpha value is -1.84. The van der Waals surface area contributed by atoms with E-state index in [1.807, 2.05) is 28.8 Å². The molecule has 112 valence electrons. The number of aromatic nitrogens is 2. The highest BCUT2D eigenvalue weighted by Gasteiger charge is 2.22. The summed E-state index contributed by atoms with van der Waals surface area (Å²) in [7, 11) is 0. The molecule has 3 rings (SSSR count). The number of hydrogen-bond acceptors (Lipinski definition) is 2. The smallest absolute Gasteiger partial charge is 0.270 e. The van der Waals surface area contributed by atoms with E-state index in [0.29, 0.717) is 6.04 Å². The van der Waals surface area contributed by atoms with E-state index >= 15 is 0 Å². The fourth-order valence-electron chi connectivity index (χ4n) is 3.20. The maximum absolute atomic E-state index is 12.7. The molecule has 0 spiro atoms. The minimum Gasteiger partial charge on any atom is -0.348 e. The Kier molecular flexibility index (Phi) is 4.23. The number of amides is 1. The summed E-state index contributed by atoms with van der Waals surface area (Å²) in [5, 5.41) is 3.21. The molecule has 0 radical (unpaired) electrons. The first-order chi connectivity index (χ1) is 10.3. The van der Waals surface area contributed by atoms with Gasteiger partial charge in [0.15, 0.2) is 0 Å². The molecule has 1 amide bonds. The molecular weight excluding hydrogens is 262 g/mol. The number of carbonyl (C=O) groups excluding carboxylic acids is 1. The highest BCUT2D eigenvalue weighted by atomic mass is 16.2. The number of nitrogens with zero attached hydrogens (tertiary/aromatic N) is 2. The van der Waals surface area contributed by atoms with Crippen LogP contribution in [0.25, 0.3) is 5.65 Å². The first-order valence-electron chi connectivity index (χ1n) is 8.06. The van der Waals surface area contributed by atoms with Gasteiger partial charge in [0.1, 0.15) is 11.3 Å². The van der Waals surface area contributed by atoms with Gasteiger partial charge in [-0.05, 0) is 31.4 Å². The molecule has 1 fully saturated rings. The van der Waals surface area contributed by atoms with E-state index in [9.17, 15) is 4.79 Å². The van der Waals surface area contributed by atoms with Gasteiger partial charge >= 0.3 is 0 Å². The van der Waals surface area contributed by atoms with E-state index in [1.54, 1.807) is 0 Å². The lowest BCUT2D eigenvalue weighted by atomic mass is 9.95. The average Bonchev–Trinajstić information content (AvgIpc) is 2.86. The minimum absolute atomic E-state index is 0.0315. The Morgan fingerprint density at radius 1 is 1.33 bits per heavy atom. The highest BCUT2D eigenvalue weighted by Crippen LogP contribution is 2.19. The first-order valence-corrected chi connectivity index (χ1v) is 8.06. The molecule has 1 aliphatic carbocycles. The summed E-state index contributed by atoms with van der Waals surface area (Å²) in [6.07, 6.45) is 9.71. The number of hydrogen-bond donors (Lipinski definition) is 1. The second-order valence-electron chi connectivity index (χ2n) is 5.89. The van der Waals surface area contributed by atoms with Gasteiger partial charge in [-0.25, -0.2) is 4.98 Å². The number of pyridine rings is 1. The number of nitrogens with one attached hydrogen (secondary N) is 1. The van der Waals surface area contributed by atoms with Crippen LogP contribution in [0.3, 0.4) is 0 Å². The molecule has 2 aromatic heterocycles. The average molecular weight is 285 g/mol. The largest absolute Gasteiger partial charge is 0.348 e. The zero-order valence-corrected chi connectivity index (χ0v) is 12.6. The molecule has 4 heteroatoms. The molecular formula is C17H23N3O. The van der Waals surface area contributed by atoms with Crippen molar-refractivity contribution in [3.63, 3.8) is 0 Å². The zero-order chi connectivity index (χ0) is 14.7. The van der Waals surface area contributed by atoms with Crippen molar-refractivity contribution < 1.29 is 4.79 Å². The van der Waals surface area contributed by atoms with Gasteiger partial charge in [-0.15, -0.1) is 0 Å². The third-order valence-corrected chi connectivity index (χ3v) is 4.24. The number of rotatable bonds is 4. The number of imidazole rings is 1. The van der Waals surface area contributed by atoms with Crippen LogP contribution >= 0.6 is 0 Å². The van der Waals surface area contributed by atoms with Gasteiger partial charge in [-0.2, -0.15) is 0 Å². The summed E-state index contributed by atoms with van der Waals surface area (Å²) in [6.45, 7) is 2.12. The summed E-state index contributed by atoms with van der Waals surface area (Å²) < 4.78 is 1.92. The van der Waals surface area contributed by atoms with Crippen molar-refractivity contribution in [1.82, 2.24) is 14.7 Å². The Balaban J connectivity index is 1.89. The van der Waals surface area contributed by atoms with E-state index in [2.05, 4.69) is 17.2 Å². The molecule has 1 saturated carbocycles. The molecule has 0 aromatic carbocycles. The molecule has 4 nitrogen and oxygen atoms in total. The maximum Gasteiger partial charge on any atom is 0.270 e. The summed E-state index contributed by atoms with van der Waals surface area (Å²) in [5.41, 5.74) is 2.49. The summed E-state index contributed by atoms with van der Waals surface area (Å²) in [5.74, 6) is 0.0315. The van der Waals surface area contributed by atoms with Crippen LogP contribution in [0.5, 0.6) is 0 Å². The van der Waals surface area contributed by atoms with E-state index in [-0.39, 0.29) is 5.91 Å². The number of fused-ring (bicyclic) bond motifs is 1. The monoisotopic (exact) mass is 285 g/mol. The van der Waals surface area contributed by atoms with E-state index in [1.165, 1.54) is 19.3 Å². The molecule has 0 bridgehead atoms. The quantitative estimate of drug-likeness (QED) is 0.936. The van der Waals surface area contributed by atoms with Crippen LogP contribution in [-0.4, -0.2) is 21.3 Å². The summed E-state index contributed by atoms with van der Waals surface area (Å²) in [6, 6.07) is 6.19. The standard InChI is InChI=1S/C17H23N3O/c1-2-8-14-16(20-12-7-6-11-15(20)19-14)17(21)18-13-9-4-3-5-10-13/h6-7,11-13H,2-5,8-10H2,1H3,(H,18,21). The van der Waals surface area contributed by atoms with E-state index in [4.69, 9.17) is 0 Å². The van der Waals surface area contributed by atoms with Crippen LogP contribution in [0.4, 0.5) is 0 Å². The number of carbonyl (C=O) groups is 1. The Bertz CT molecular complexity index is 626. The van der Waals surface area contributed by atoms with E-state index in [0.717, 1.165) is 42.7 Å². The molecule has 0 unspecified atom stereocenters. The van der Waals surface area contributed by atoms with Gasteiger partial charge < -0.3 is 5.32 Å². The topological polar surface area (TPSA) is 46.4 Å². The Morgan fingerprint density at radius 2 is 2.14 bits per heavy atom. The van der Waals surface area contributed by atoms with Gasteiger partial charge in [-0.1, -0.05) is 38.7 Å². The second-order valence-corrected chi connectivity index (χ2v) is 5.89. The fourth-order valence-corrected chi connectivity index (χ4v) is 3.20. The fraction of sp³-hybridized carbons (Fsp3) is 0.529. The van der Waals surface area contributed by atoms with E-state index < -0.39 is 0 Å². The van der Waals surface area contributed by atoms with Crippen LogP contribution in [0, 0.1) is 0 Å². The first kappa shape index (κ1) is 14.1. The van der Waals surface area contributed by atoms with Crippen molar-refractivity contribution in [2.75, 3.05) is 0 Å². The third kappa shape index (κ3) is 2.94.